The number of aromatic nitrogens is 2. The molecule has 144 valence electrons. The molecule has 0 saturated carbocycles. The second-order valence-electron chi connectivity index (χ2n) is 6.41. The Balaban J connectivity index is 1.80. The summed E-state index contributed by atoms with van der Waals surface area (Å²) in [5.41, 5.74) is 1.34. The summed E-state index contributed by atoms with van der Waals surface area (Å²) in [6, 6.07) is 19.6. The Morgan fingerprint density at radius 3 is 2.59 bits per heavy atom. The van der Waals surface area contributed by atoms with Crippen LogP contribution in [0.3, 0.4) is 0 Å². The molecular formula is C22H15Cl2N3O2. The molecule has 5 nitrogen and oxygen atoms in total. The van der Waals surface area contributed by atoms with Gasteiger partial charge in [0.1, 0.15) is 11.2 Å². The number of amides is 1. The number of nitrogens with zero attached hydrogens (tertiary/aromatic N) is 2. The fourth-order valence-corrected chi connectivity index (χ4v) is 3.42. The normalized spacial score (nSPS) is 10.8. The molecule has 2 heterocycles. The van der Waals surface area contributed by atoms with E-state index >= 15 is 0 Å². The van der Waals surface area contributed by atoms with E-state index in [4.69, 9.17) is 23.2 Å². The Morgan fingerprint density at radius 2 is 1.79 bits per heavy atom. The first-order chi connectivity index (χ1) is 14.0. The van der Waals surface area contributed by atoms with Crippen LogP contribution in [0.4, 0.5) is 5.69 Å². The summed E-state index contributed by atoms with van der Waals surface area (Å²) in [5.74, 6) is -0.563. The van der Waals surface area contributed by atoms with Crippen molar-refractivity contribution in [3.63, 3.8) is 0 Å². The fraction of sp³-hybridized carbons (Fsp3) is 0.0455. The molecule has 1 amide bonds. The minimum Gasteiger partial charge on any atom is -0.320 e. The van der Waals surface area contributed by atoms with Crippen LogP contribution < -0.4 is 10.9 Å². The highest BCUT2D eigenvalue weighted by atomic mass is 35.5. The molecule has 4 aromatic rings. The summed E-state index contributed by atoms with van der Waals surface area (Å²) < 4.78 is 1.50. The molecule has 4 rings (SSSR count). The van der Waals surface area contributed by atoms with Gasteiger partial charge in [-0.3, -0.25) is 14.2 Å². The number of halogens is 2. The number of hydrogen-bond acceptors (Lipinski definition) is 3. The van der Waals surface area contributed by atoms with Gasteiger partial charge >= 0.3 is 0 Å². The Bertz CT molecular complexity index is 1270. The lowest BCUT2D eigenvalue weighted by Crippen LogP contribution is -2.30. The average Bonchev–Trinajstić information content (AvgIpc) is 2.74. The van der Waals surface area contributed by atoms with E-state index in [9.17, 15) is 9.59 Å². The Labute approximate surface area is 176 Å². The van der Waals surface area contributed by atoms with Crippen LogP contribution in [0.1, 0.15) is 15.9 Å². The van der Waals surface area contributed by atoms with E-state index in [-0.39, 0.29) is 10.6 Å². The summed E-state index contributed by atoms with van der Waals surface area (Å²) in [6.45, 7) is 0.298. The van der Waals surface area contributed by atoms with Crippen molar-refractivity contribution < 1.29 is 4.79 Å². The Morgan fingerprint density at radius 1 is 1.00 bits per heavy atom. The summed E-state index contributed by atoms with van der Waals surface area (Å²) >= 11 is 12.2. The van der Waals surface area contributed by atoms with Gasteiger partial charge in [-0.1, -0.05) is 59.6 Å². The third-order valence-electron chi connectivity index (χ3n) is 4.48. The minimum atomic E-state index is -0.563. The van der Waals surface area contributed by atoms with Gasteiger partial charge in [-0.2, -0.15) is 0 Å². The standard InChI is InChI=1S/C22H15Cl2N3O2/c23-17-9-4-10-18(19(17)24)26-21(28)16-12-15-8-5-11-25-20(15)27(22(16)29)13-14-6-2-1-3-7-14/h1-12H,13H2,(H,26,28). The predicted molar refractivity (Wildman–Crippen MR) is 116 cm³/mol. The van der Waals surface area contributed by atoms with E-state index in [0.29, 0.717) is 28.3 Å². The van der Waals surface area contributed by atoms with Crippen molar-refractivity contribution in [2.75, 3.05) is 5.32 Å². The van der Waals surface area contributed by atoms with Gasteiger partial charge in [0, 0.05) is 11.6 Å². The molecule has 0 bridgehead atoms. The third-order valence-corrected chi connectivity index (χ3v) is 5.29. The van der Waals surface area contributed by atoms with Gasteiger partial charge < -0.3 is 5.32 Å². The number of hydrogen-bond donors (Lipinski definition) is 1. The maximum absolute atomic E-state index is 13.2. The van der Waals surface area contributed by atoms with Crippen molar-refractivity contribution in [3.8, 4) is 0 Å². The highest BCUT2D eigenvalue weighted by molar-refractivity contribution is 6.44. The minimum absolute atomic E-state index is 0.00234. The molecule has 0 spiro atoms. The predicted octanol–water partition coefficient (Wildman–Crippen LogP) is 5.00. The number of carbonyl (C=O) groups is 1. The van der Waals surface area contributed by atoms with Gasteiger partial charge in [-0.25, -0.2) is 4.98 Å². The van der Waals surface area contributed by atoms with Crippen molar-refractivity contribution >= 4 is 45.8 Å². The monoisotopic (exact) mass is 423 g/mol. The van der Waals surface area contributed by atoms with Crippen LogP contribution in [0.5, 0.6) is 0 Å². The number of rotatable bonds is 4. The van der Waals surface area contributed by atoms with Gasteiger partial charge in [0.25, 0.3) is 11.5 Å². The fourth-order valence-electron chi connectivity index (χ4n) is 3.07. The molecule has 0 fully saturated rings. The Hall–Kier alpha value is -3.15. The topological polar surface area (TPSA) is 64.0 Å². The zero-order chi connectivity index (χ0) is 20.4. The number of benzene rings is 2. The molecule has 0 aliphatic heterocycles. The lowest BCUT2D eigenvalue weighted by molar-refractivity contribution is 0.102. The molecule has 2 aromatic heterocycles. The van der Waals surface area contributed by atoms with Crippen LogP contribution in [0.15, 0.2) is 77.7 Å². The molecule has 0 unspecified atom stereocenters. The van der Waals surface area contributed by atoms with Crippen molar-refractivity contribution in [2.45, 2.75) is 6.54 Å². The molecule has 0 radical (unpaired) electrons. The van der Waals surface area contributed by atoms with E-state index in [2.05, 4.69) is 10.3 Å². The van der Waals surface area contributed by atoms with Crippen LogP contribution in [0.2, 0.25) is 10.0 Å². The molecule has 2 aromatic carbocycles. The SMILES string of the molecule is O=C(Nc1cccc(Cl)c1Cl)c1cc2cccnc2n(Cc2ccccc2)c1=O. The van der Waals surface area contributed by atoms with Crippen LogP contribution >= 0.6 is 23.2 Å². The maximum atomic E-state index is 13.2. The van der Waals surface area contributed by atoms with Crippen molar-refractivity contribution in [1.29, 1.82) is 0 Å². The molecule has 1 N–H and O–H groups in total. The lowest BCUT2D eigenvalue weighted by atomic mass is 10.1. The highest BCUT2D eigenvalue weighted by Gasteiger charge is 2.18. The molecule has 7 heteroatoms. The van der Waals surface area contributed by atoms with Crippen molar-refractivity contribution in [2.24, 2.45) is 0 Å². The van der Waals surface area contributed by atoms with E-state index in [1.165, 1.54) is 4.57 Å². The second kappa shape index (κ2) is 8.07. The molecule has 0 saturated heterocycles. The maximum Gasteiger partial charge on any atom is 0.265 e. The van der Waals surface area contributed by atoms with Gasteiger partial charge in [0.2, 0.25) is 0 Å². The third kappa shape index (κ3) is 3.88. The number of pyridine rings is 2. The van der Waals surface area contributed by atoms with E-state index in [1.54, 1.807) is 36.5 Å². The average molecular weight is 424 g/mol. The van der Waals surface area contributed by atoms with Gasteiger partial charge in [0.15, 0.2) is 0 Å². The van der Waals surface area contributed by atoms with E-state index < -0.39 is 11.5 Å². The molecular weight excluding hydrogens is 409 g/mol. The molecule has 29 heavy (non-hydrogen) atoms. The number of nitrogens with one attached hydrogen (secondary N) is 1. The summed E-state index contributed by atoms with van der Waals surface area (Å²) in [7, 11) is 0. The van der Waals surface area contributed by atoms with Crippen molar-refractivity contribution in [1.82, 2.24) is 9.55 Å². The zero-order valence-corrected chi connectivity index (χ0v) is 16.6. The zero-order valence-electron chi connectivity index (χ0n) is 15.1. The summed E-state index contributed by atoms with van der Waals surface area (Å²) in [4.78, 5) is 30.4. The van der Waals surface area contributed by atoms with Gasteiger partial charge in [-0.05, 0) is 35.9 Å². The summed E-state index contributed by atoms with van der Waals surface area (Å²) in [6.07, 6.45) is 1.62. The number of fused-ring (bicyclic) bond motifs is 1. The lowest BCUT2D eigenvalue weighted by Gasteiger charge is -2.13. The van der Waals surface area contributed by atoms with Crippen LogP contribution in [0, 0.1) is 0 Å². The van der Waals surface area contributed by atoms with E-state index in [0.717, 1.165) is 5.56 Å². The first-order valence-electron chi connectivity index (χ1n) is 8.82. The van der Waals surface area contributed by atoms with Crippen LogP contribution in [-0.2, 0) is 6.54 Å². The van der Waals surface area contributed by atoms with Gasteiger partial charge in [-0.15, -0.1) is 0 Å². The largest absolute Gasteiger partial charge is 0.320 e. The van der Waals surface area contributed by atoms with E-state index in [1.807, 2.05) is 36.4 Å². The first kappa shape index (κ1) is 19.2. The number of carbonyl (C=O) groups excluding carboxylic acids is 1. The second-order valence-corrected chi connectivity index (χ2v) is 7.19. The van der Waals surface area contributed by atoms with Crippen molar-refractivity contribution in [3.05, 3.63) is 104 Å². The Kier molecular flexibility index (Phi) is 5.34. The molecule has 0 atom stereocenters. The summed E-state index contributed by atoms with van der Waals surface area (Å²) in [5, 5.41) is 3.89. The molecule has 0 aliphatic carbocycles. The van der Waals surface area contributed by atoms with Crippen LogP contribution in [0.25, 0.3) is 11.0 Å². The highest BCUT2D eigenvalue weighted by Crippen LogP contribution is 2.29. The van der Waals surface area contributed by atoms with Gasteiger partial charge in [0.05, 0.1) is 22.3 Å². The first-order valence-corrected chi connectivity index (χ1v) is 9.58. The van der Waals surface area contributed by atoms with Crippen LogP contribution in [-0.4, -0.2) is 15.5 Å². The quantitative estimate of drug-likeness (QED) is 0.501. The number of anilines is 1. The smallest absolute Gasteiger partial charge is 0.265 e. The molecule has 0 aliphatic rings.